The molecule has 0 saturated carbocycles. The van der Waals surface area contributed by atoms with Crippen molar-refractivity contribution < 1.29 is 4.74 Å². The lowest BCUT2D eigenvalue weighted by Crippen LogP contribution is -2.33. The molecule has 0 aliphatic rings. The van der Waals surface area contributed by atoms with Gasteiger partial charge in [-0.25, -0.2) is 0 Å². The molecule has 5 heteroatoms. The van der Waals surface area contributed by atoms with E-state index in [1.54, 1.807) is 7.11 Å². The topological polar surface area (TPSA) is 37.4 Å². The number of hydrogen-bond donors (Lipinski definition) is 1. The number of fused-ring (bicyclic) bond motifs is 1. The molecular formula is C21H34ClN3O. The lowest BCUT2D eigenvalue weighted by molar-refractivity contribution is 0.219. The number of pyridine rings is 1. The summed E-state index contributed by atoms with van der Waals surface area (Å²) in [6.45, 7) is 13.6. The largest absolute Gasteiger partial charge is 0.497 e. The van der Waals surface area contributed by atoms with E-state index in [1.165, 1.54) is 13.1 Å². The smallest absolute Gasteiger partial charge is 0.121 e. The molecule has 2 rings (SSSR count). The van der Waals surface area contributed by atoms with Crippen LogP contribution in [0.3, 0.4) is 0 Å². The lowest BCUT2D eigenvalue weighted by atomic mass is 10.1. The van der Waals surface area contributed by atoms with Gasteiger partial charge in [0.25, 0.3) is 0 Å². The maximum atomic E-state index is 5.42. The van der Waals surface area contributed by atoms with Crippen LogP contribution in [0.2, 0.25) is 0 Å². The van der Waals surface area contributed by atoms with Gasteiger partial charge in [-0.05, 0) is 36.9 Å². The molecule has 0 unspecified atom stereocenters. The summed E-state index contributed by atoms with van der Waals surface area (Å²) in [4.78, 5) is 7.10. The van der Waals surface area contributed by atoms with Crippen LogP contribution < -0.4 is 10.1 Å². The first-order valence-electron chi connectivity index (χ1n) is 9.38. The summed E-state index contributed by atoms with van der Waals surface area (Å²) in [6, 6.07) is 8.10. The summed E-state index contributed by atoms with van der Waals surface area (Å²) >= 11 is 0. The van der Waals surface area contributed by atoms with Crippen molar-refractivity contribution in [3.8, 4) is 5.75 Å². The van der Waals surface area contributed by atoms with Crippen LogP contribution in [0, 0.1) is 11.8 Å². The van der Waals surface area contributed by atoms with Crippen molar-refractivity contribution in [1.29, 1.82) is 0 Å². The zero-order valence-corrected chi connectivity index (χ0v) is 17.6. The molecule has 1 aromatic carbocycles. The normalized spacial score (nSPS) is 11.2. The van der Waals surface area contributed by atoms with E-state index in [0.717, 1.165) is 41.9 Å². The Kier molecular flexibility index (Phi) is 9.74. The van der Waals surface area contributed by atoms with Gasteiger partial charge in [0.05, 0.1) is 18.3 Å². The van der Waals surface area contributed by atoms with Gasteiger partial charge in [-0.1, -0.05) is 33.8 Å². The van der Waals surface area contributed by atoms with Crippen LogP contribution in [-0.4, -0.2) is 43.2 Å². The molecule has 0 atom stereocenters. The van der Waals surface area contributed by atoms with Gasteiger partial charge in [0.15, 0.2) is 0 Å². The van der Waals surface area contributed by atoms with Crippen LogP contribution in [0.15, 0.2) is 30.5 Å². The molecule has 0 bridgehead atoms. The minimum atomic E-state index is 0. The van der Waals surface area contributed by atoms with Gasteiger partial charge >= 0.3 is 0 Å². The molecule has 0 spiro atoms. The van der Waals surface area contributed by atoms with Crippen molar-refractivity contribution in [2.24, 2.45) is 11.8 Å². The molecule has 0 radical (unpaired) electrons. The van der Waals surface area contributed by atoms with Crippen LogP contribution in [0.1, 0.15) is 34.1 Å². The summed E-state index contributed by atoms with van der Waals surface area (Å²) in [5.41, 5.74) is 2.05. The first kappa shape index (κ1) is 22.5. The third-order valence-electron chi connectivity index (χ3n) is 4.13. The van der Waals surface area contributed by atoms with Gasteiger partial charge in [0.2, 0.25) is 0 Å². The van der Waals surface area contributed by atoms with Crippen molar-refractivity contribution in [2.75, 3.05) is 38.6 Å². The maximum absolute atomic E-state index is 5.42. The molecule has 1 N–H and O–H groups in total. The summed E-state index contributed by atoms with van der Waals surface area (Å²) < 4.78 is 5.42. The molecule has 0 aliphatic heterocycles. The molecule has 0 amide bonds. The highest BCUT2D eigenvalue weighted by atomic mass is 35.5. The fraction of sp³-hybridized carbons (Fsp3) is 0.571. The number of ether oxygens (including phenoxy) is 1. The average molecular weight is 380 g/mol. The van der Waals surface area contributed by atoms with E-state index in [4.69, 9.17) is 4.74 Å². The van der Waals surface area contributed by atoms with E-state index in [0.29, 0.717) is 11.8 Å². The van der Waals surface area contributed by atoms with Gasteiger partial charge in [-0.15, -0.1) is 12.4 Å². The molecule has 1 heterocycles. The van der Waals surface area contributed by atoms with E-state index in [9.17, 15) is 0 Å². The predicted molar refractivity (Wildman–Crippen MR) is 115 cm³/mol. The molecule has 0 fully saturated rings. The number of methoxy groups -OCH3 is 1. The van der Waals surface area contributed by atoms with E-state index in [2.05, 4.69) is 49.0 Å². The Labute approximate surface area is 164 Å². The molecule has 146 valence electrons. The highest BCUT2D eigenvalue weighted by molar-refractivity contribution is 5.91. The summed E-state index contributed by atoms with van der Waals surface area (Å²) in [5, 5.41) is 4.66. The Hall–Kier alpha value is -1.52. The molecule has 0 aliphatic carbocycles. The molecule has 4 nitrogen and oxygen atoms in total. The fourth-order valence-electron chi connectivity index (χ4n) is 3.23. The first-order chi connectivity index (χ1) is 12.0. The van der Waals surface area contributed by atoms with E-state index < -0.39 is 0 Å². The number of halogens is 1. The van der Waals surface area contributed by atoms with Crippen molar-refractivity contribution in [1.82, 2.24) is 9.88 Å². The first-order valence-corrected chi connectivity index (χ1v) is 9.38. The average Bonchev–Trinajstić information content (AvgIpc) is 2.57. The monoisotopic (exact) mass is 379 g/mol. The Balaban J connectivity index is 0.00000338. The van der Waals surface area contributed by atoms with Crippen molar-refractivity contribution in [3.05, 3.63) is 30.5 Å². The second-order valence-electron chi connectivity index (χ2n) is 7.58. The van der Waals surface area contributed by atoms with Crippen LogP contribution in [-0.2, 0) is 0 Å². The summed E-state index contributed by atoms with van der Waals surface area (Å²) in [7, 11) is 1.71. The number of benzene rings is 1. The van der Waals surface area contributed by atoms with Crippen molar-refractivity contribution in [3.63, 3.8) is 0 Å². The van der Waals surface area contributed by atoms with Crippen LogP contribution in [0.4, 0.5) is 5.69 Å². The quantitative estimate of drug-likeness (QED) is 0.584. The standard InChI is InChI=1S/C21H33N3O.ClH/c1-16(2)14-24(15-17(3)4)11-7-10-22-20-13-19(25-5)12-18-8-6-9-23-21(18)20;/h6,8-9,12-13,16-17,22H,7,10-11,14-15H2,1-5H3;1H. The Bertz CT molecular complexity index is 651. The van der Waals surface area contributed by atoms with Crippen LogP contribution >= 0.6 is 12.4 Å². The number of anilines is 1. The highest BCUT2D eigenvalue weighted by Crippen LogP contribution is 2.27. The SMILES string of the molecule is COc1cc(NCCCN(CC(C)C)CC(C)C)c2ncccc2c1.Cl. The van der Waals surface area contributed by atoms with Gasteiger partial charge in [-0.3, -0.25) is 4.98 Å². The van der Waals surface area contributed by atoms with Gasteiger partial charge in [0, 0.05) is 37.3 Å². The van der Waals surface area contributed by atoms with Gasteiger partial charge < -0.3 is 15.0 Å². The minimum Gasteiger partial charge on any atom is -0.497 e. The van der Waals surface area contributed by atoms with E-state index in [-0.39, 0.29) is 12.4 Å². The number of nitrogens with zero attached hydrogens (tertiary/aromatic N) is 2. The van der Waals surface area contributed by atoms with E-state index in [1.807, 2.05) is 24.4 Å². The zero-order valence-electron chi connectivity index (χ0n) is 16.8. The third kappa shape index (κ3) is 7.00. The predicted octanol–water partition coefficient (Wildman–Crippen LogP) is 5.08. The Morgan fingerprint density at radius 2 is 1.81 bits per heavy atom. The molecule has 1 aromatic heterocycles. The van der Waals surface area contributed by atoms with Crippen LogP contribution in [0.5, 0.6) is 5.75 Å². The van der Waals surface area contributed by atoms with Gasteiger partial charge in [0.1, 0.15) is 5.75 Å². The minimum absolute atomic E-state index is 0. The number of hydrogen-bond acceptors (Lipinski definition) is 4. The Morgan fingerprint density at radius 1 is 1.12 bits per heavy atom. The molecular weight excluding hydrogens is 346 g/mol. The van der Waals surface area contributed by atoms with Crippen LogP contribution in [0.25, 0.3) is 10.9 Å². The zero-order chi connectivity index (χ0) is 18.2. The third-order valence-corrected chi connectivity index (χ3v) is 4.13. The number of rotatable bonds is 10. The number of nitrogens with one attached hydrogen (secondary N) is 1. The summed E-state index contributed by atoms with van der Waals surface area (Å²) in [5.74, 6) is 2.28. The van der Waals surface area contributed by atoms with E-state index >= 15 is 0 Å². The fourth-order valence-corrected chi connectivity index (χ4v) is 3.23. The maximum Gasteiger partial charge on any atom is 0.121 e. The Morgan fingerprint density at radius 3 is 2.42 bits per heavy atom. The van der Waals surface area contributed by atoms with Gasteiger partial charge in [-0.2, -0.15) is 0 Å². The molecule has 26 heavy (non-hydrogen) atoms. The highest BCUT2D eigenvalue weighted by Gasteiger charge is 2.10. The van der Waals surface area contributed by atoms with Crippen molar-refractivity contribution in [2.45, 2.75) is 34.1 Å². The molecule has 2 aromatic rings. The van der Waals surface area contributed by atoms with Crippen molar-refractivity contribution >= 4 is 29.0 Å². The molecule has 0 saturated heterocycles. The summed E-state index contributed by atoms with van der Waals surface area (Å²) in [6.07, 6.45) is 2.96. The number of aromatic nitrogens is 1. The lowest BCUT2D eigenvalue weighted by Gasteiger charge is -2.26. The second kappa shape index (κ2) is 11.2. The second-order valence-corrected chi connectivity index (χ2v) is 7.58.